The van der Waals surface area contributed by atoms with Crippen LogP contribution in [-0.2, 0) is 5.88 Å². The summed E-state index contributed by atoms with van der Waals surface area (Å²) in [6.45, 7) is 0. The van der Waals surface area contributed by atoms with Crippen molar-refractivity contribution in [2.24, 2.45) is 0 Å². The van der Waals surface area contributed by atoms with Gasteiger partial charge in [-0.1, -0.05) is 0 Å². The van der Waals surface area contributed by atoms with Crippen molar-refractivity contribution < 1.29 is 4.74 Å². The Balaban J connectivity index is 2.75. The van der Waals surface area contributed by atoms with E-state index in [-0.39, 0.29) is 0 Å². The van der Waals surface area contributed by atoms with Crippen LogP contribution in [0.3, 0.4) is 0 Å². The molecule has 0 bridgehead atoms. The minimum atomic E-state index is 0.445. The van der Waals surface area contributed by atoms with Crippen molar-refractivity contribution in [3.8, 4) is 5.75 Å². The Bertz CT molecular complexity index is 466. The van der Waals surface area contributed by atoms with Crippen LogP contribution in [0.1, 0.15) is 5.56 Å². The highest BCUT2D eigenvalue weighted by molar-refractivity contribution is 7.22. The molecule has 0 saturated carbocycles. The lowest BCUT2D eigenvalue weighted by Crippen LogP contribution is -1.88. The van der Waals surface area contributed by atoms with Gasteiger partial charge in [0, 0.05) is 10.3 Å². The normalized spacial score (nSPS) is 10.7. The van der Waals surface area contributed by atoms with Gasteiger partial charge in [-0.05, 0) is 23.6 Å². The third kappa shape index (κ3) is 1.42. The zero-order chi connectivity index (χ0) is 10.1. The number of fused-ring (bicyclic) bond motifs is 1. The molecule has 0 aliphatic carbocycles. The van der Waals surface area contributed by atoms with E-state index in [1.54, 1.807) is 18.4 Å². The summed E-state index contributed by atoms with van der Waals surface area (Å²) in [6, 6.07) is 5.87. The third-order valence-electron chi connectivity index (χ3n) is 2.12. The van der Waals surface area contributed by atoms with Crippen molar-refractivity contribution in [1.82, 2.24) is 0 Å². The summed E-state index contributed by atoms with van der Waals surface area (Å²) in [4.78, 5) is 0. The average molecular weight is 228 g/mol. The van der Waals surface area contributed by atoms with Gasteiger partial charge in [-0.3, -0.25) is 0 Å². The number of hydrogen-bond acceptors (Lipinski definition) is 3. The van der Waals surface area contributed by atoms with Gasteiger partial charge in [0.2, 0.25) is 0 Å². The first-order valence-corrected chi connectivity index (χ1v) is 5.52. The first-order valence-electron chi connectivity index (χ1n) is 4.17. The number of rotatable bonds is 2. The number of benzene rings is 1. The molecule has 4 heteroatoms. The van der Waals surface area contributed by atoms with Crippen LogP contribution in [0, 0.1) is 0 Å². The topological polar surface area (TPSA) is 35.2 Å². The first kappa shape index (κ1) is 9.62. The zero-order valence-corrected chi connectivity index (χ0v) is 9.28. The van der Waals surface area contributed by atoms with Crippen LogP contribution in [-0.4, -0.2) is 7.11 Å². The molecule has 2 rings (SSSR count). The molecule has 0 fully saturated rings. The molecule has 0 saturated heterocycles. The Morgan fingerprint density at radius 2 is 2.29 bits per heavy atom. The molecular formula is C10H10ClNOS. The summed E-state index contributed by atoms with van der Waals surface area (Å²) in [7, 11) is 1.65. The molecule has 74 valence electrons. The number of halogens is 1. The van der Waals surface area contributed by atoms with Crippen LogP contribution in [0.15, 0.2) is 18.2 Å². The van der Waals surface area contributed by atoms with Gasteiger partial charge in [-0.2, -0.15) is 0 Å². The molecular weight excluding hydrogens is 218 g/mol. The molecule has 2 aromatic rings. The van der Waals surface area contributed by atoms with E-state index in [9.17, 15) is 0 Å². The molecule has 1 heterocycles. The molecule has 0 amide bonds. The van der Waals surface area contributed by atoms with Crippen molar-refractivity contribution in [3.63, 3.8) is 0 Å². The maximum Gasteiger partial charge on any atom is 0.124 e. The van der Waals surface area contributed by atoms with Crippen molar-refractivity contribution >= 4 is 38.0 Å². The molecule has 0 radical (unpaired) electrons. The number of alkyl halides is 1. The second kappa shape index (κ2) is 3.67. The minimum absolute atomic E-state index is 0.445. The van der Waals surface area contributed by atoms with Crippen LogP contribution in [0.2, 0.25) is 0 Å². The van der Waals surface area contributed by atoms with Crippen LogP contribution >= 0.6 is 22.9 Å². The van der Waals surface area contributed by atoms with Crippen LogP contribution < -0.4 is 10.5 Å². The SMILES string of the molecule is COc1ccc2cc(N)sc2c1CCl. The molecule has 2 N–H and O–H groups in total. The van der Waals surface area contributed by atoms with E-state index in [0.717, 1.165) is 26.4 Å². The Morgan fingerprint density at radius 3 is 2.93 bits per heavy atom. The van der Waals surface area contributed by atoms with Gasteiger partial charge in [0.1, 0.15) is 5.75 Å². The highest BCUT2D eigenvalue weighted by atomic mass is 35.5. The number of methoxy groups -OCH3 is 1. The van der Waals surface area contributed by atoms with E-state index in [2.05, 4.69) is 0 Å². The number of anilines is 1. The summed E-state index contributed by atoms with van der Waals surface area (Å²) in [6.07, 6.45) is 0. The first-order chi connectivity index (χ1) is 6.76. The van der Waals surface area contributed by atoms with Crippen LogP contribution in [0.5, 0.6) is 5.75 Å². The molecule has 0 spiro atoms. The van der Waals surface area contributed by atoms with Gasteiger partial charge >= 0.3 is 0 Å². The lowest BCUT2D eigenvalue weighted by Gasteiger charge is -2.05. The maximum absolute atomic E-state index is 5.88. The van der Waals surface area contributed by atoms with Gasteiger partial charge < -0.3 is 10.5 Å². The smallest absolute Gasteiger partial charge is 0.124 e. The fraction of sp³-hybridized carbons (Fsp3) is 0.200. The highest BCUT2D eigenvalue weighted by Crippen LogP contribution is 2.36. The maximum atomic E-state index is 5.88. The monoisotopic (exact) mass is 227 g/mol. The predicted molar refractivity (Wildman–Crippen MR) is 62.3 cm³/mol. The zero-order valence-electron chi connectivity index (χ0n) is 7.71. The van der Waals surface area contributed by atoms with Gasteiger partial charge in [0.15, 0.2) is 0 Å². The van der Waals surface area contributed by atoms with Crippen molar-refractivity contribution in [2.45, 2.75) is 5.88 Å². The van der Waals surface area contributed by atoms with E-state index in [1.807, 2.05) is 18.2 Å². The molecule has 2 nitrogen and oxygen atoms in total. The molecule has 1 aromatic heterocycles. The average Bonchev–Trinajstić information content (AvgIpc) is 2.56. The Kier molecular flexibility index (Phi) is 2.52. The van der Waals surface area contributed by atoms with E-state index >= 15 is 0 Å². The summed E-state index contributed by atoms with van der Waals surface area (Å²) >= 11 is 7.43. The van der Waals surface area contributed by atoms with E-state index in [1.165, 1.54) is 0 Å². The van der Waals surface area contributed by atoms with Crippen LogP contribution in [0.4, 0.5) is 5.00 Å². The Morgan fingerprint density at radius 1 is 1.50 bits per heavy atom. The highest BCUT2D eigenvalue weighted by Gasteiger charge is 2.09. The van der Waals surface area contributed by atoms with Gasteiger partial charge in [-0.25, -0.2) is 0 Å². The Hall–Kier alpha value is -0.930. The lowest BCUT2D eigenvalue weighted by molar-refractivity contribution is 0.412. The largest absolute Gasteiger partial charge is 0.496 e. The number of nitrogens with two attached hydrogens (primary N) is 1. The van der Waals surface area contributed by atoms with Gasteiger partial charge in [0.25, 0.3) is 0 Å². The molecule has 1 aromatic carbocycles. The minimum Gasteiger partial charge on any atom is -0.496 e. The predicted octanol–water partition coefficient (Wildman–Crippen LogP) is 3.23. The molecule has 0 unspecified atom stereocenters. The van der Waals surface area contributed by atoms with E-state index in [0.29, 0.717) is 5.88 Å². The van der Waals surface area contributed by atoms with E-state index in [4.69, 9.17) is 22.1 Å². The molecule has 0 aliphatic rings. The fourth-order valence-electron chi connectivity index (χ4n) is 1.48. The number of nitrogen functional groups attached to an aromatic ring is 1. The molecule has 0 atom stereocenters. The fourth-order valence-corrected chi connectivity index (χ4v) is 2.79. The molecule has 0 aliphatic heterocycles. The van der Waals surface area contributed by atoms with Crippen molar-refractivity contribution in [1.29, 1.82) is 0 Å². The summed E-state index contributed by atoms with van der Waals surface area (Å²) in [5.41, 5.74) is 6.76. The lowest BCUT2D eigenvalue weighted by atomic mass is 10.1. The summed E-state index contributed by atoms with van der Waals surface area (Å²) in [5, 5.41) is 1.93. The number of hydrogen-bond donors (Lipinski definition) is 1. The standard InChI is InChI=1S/C10H10ClNOS/c1-13-8-3-2-6-4-9(12)14-10(6)7(8)5-11/h2-4H,5,12H2,1H3. The summed E-state index contributed by atoms with van der Waals surface area (Å²) in [5.74, 6) is 1.27. The summed E-state index contributed by atoms with van der Waals surface area (Å²) < 4.78 is 6.36. The number of ether oxygens (including phenoxy) is 1. The third-order valence-corrected chi connectivity index (χ3v) is 3.43. The Labute approximate surface area is 91.2 Å². The van der Waals surface area contributed by atoms with Gasteiger partial charge in [0.05, 0.1) is 18.0 Å². The van der Waals surface area contributed by atoms with Gasteiger partial charge in [-0.15, -0.1) is 22.9 Å². The van der Waals surface area contributed by atoms with Crippen LogP contribution in [0.25, 0.3) is 10.1 Å². The number of thiophene rings is 1. The van der Waals surface area contributed by atoms with Crippen molar-refractivity contribution in [3.05, 3.63) is 23.8 Å². The molecule has 14 heavy (non-hydrogen) atoms. The van der Waals surface area contributed by atoms with Crippen molar-refractivity contribution in [2.75, 3.05) is 12.8 Å². The second-order valence-corrected chi connectivity index (χ2v) is 4.30. The second-order valence-electron chi connectivity index (χ2n) is 2.95. The quantitative estimate of drug-likeness (QED) is 0.800. The van der Waals surface area contributed by atoms with E-state index < -0.39 is 0 Å².